The van der Waals surface area contributed by atoms with Gasteiger partial charge in [0.25, 0.3) is 5.56 Å². The van der Waals surface area contributed by atoms with Gasteiger partial charge in [-0.2, -0.15) is 0 Å². The second-order valence-electron chi connectivity index (χ2n) is 9.12. The number of amides is 1. The minimum atomic E-state index is -0.147. The van der Waals surface area contributed by atoms with Crippen molar-refractivity contribution in [1.82, 2.24) is 14.5 Å². The lowest BCUT2D eigenvalue weighted by atomic mass is 10.1. The molecule has 0 unspecified atom stereocenters. The number of anilines is 1. The number of hydrogen-bond acceptors (Lipinski definition) is 7. The monoisotopic (exact) mass is 614 g/mol. The maximum Gasteiger partial charge on any atom is 0.263 e. The molecule has 0 bridgehead atoms. The minimum Gasteiger partial charge on any atom is -0.326 e. The zero-order valence-corrected chi connectivity index (χ0v) is 24.9. The molecule has 3 aromatic heterocycles. The molecule has 0 radical (unpaired) electrons. The zero-order valence-electron chi connectivity index (χ0n) is 21.7. The van der Waals surface area contributed by atoms with Gasteiger partial charge in [-0.3, -0.25) is 14.2 Å². The van der Waals surface area contributed by atoms with Gasteiger partial charge in [0, 0.05) is 51.5 Å². The van der Waals surface area contributed by atoms with E-state index in [9.17, 15) is 9.59 Å². The fourth-order valence-electron chi connectivity index (χ4n) is 4.43. The van der Waals surface area contributed by atoms with E-state index in [1.165, 1.54) is 23.1 Å². The maximum absolute atomic E-state index is 13.6. The Morgan fingerprint density at radius 3 is 2.59 bits per heavy atom. The fraction of sp³-hybridized carbons (Fsp3) is 0.0968. The lowest BCUT2D eigenvalue weighted by molar-refractivity contribution is -0.115. The number of allylic oxidation sites excluding steroid dienone is 1. The number of benzene rings is 3. The molecule has 0 aliphatic carbocycles. The summed E-state index contributed by atoms with van der Waals surface area (Å²) in [5.74, 6) is 0.356. The van der Waals surface area contributed by atoms with E-state index in [0.717, 1.165) is 37.6 Å². The number of carbonyl (C=O) groups is 1. The first-order valence-electron chi connectivity index (χ1n) is 12.8. The summed E-state index contributed by atoms with van der Waals surface area (Å²) in [5.41, 5.74) is 4.14. The molecule has 6 nitrogen and oxygen atoms in total. The number of rotatable bonds is 9. The van der Waals surface area contributed by atoms with Gasteiger partial charge in [-0.05, 0) is 42.5 Å². The van der Waals surface area contributed by atoms with Crippen LogP contribution in [0.15, 0.2) is 101 Å². The number of hydrogen-bond donors (Lipinski definition) is 1. The van der Waals surface area contributed by atoms with Crippen LogP contribution in [0, 0.1) is 0 Å². The predicted octanol–water partition coefficient (Wildman–Crippen LogP) is 8.36. The molecule has 6 aromatic rings. The topological polar surface area (TPSA) is 76.9 Å². The Balaban J connectivity index is 1.13. The molecule has 10 heteroatoms. The molecule has 0 aliphatic heterocycles. The molecule has 1 amide bonds. The number of carbonyl (C=O) groups excluding carboxylic acids is 1. The first-order chi connectivity index (χ1) is 20.0. The summed E-state index contributed by atoms with van der Waals surface area (Å²) < 4.78 is 2.75. The van der Waals surface area contributed by atoms with Crippen molar-refractivity contribution in [1.29, 1.82) is 0 Å². The highest BCUT2D eigenvalue weighted by Crippen LogP contribution is 2.36. The van der Waals surface area contributed by atoms with Gasteiger partial charge in [-0.15, -0.1) is 29.3 Å². The van der Waals surface area contributed by atoms with Crippen LogP contribution in [0.3, 0.4) is 0 Å². The predicted molar refractivity (Wildman–Crippen MR) is 174 cm³/mol. The molecule has 6 rings (SSSR count). The van der Waals surface area contributed by atoms with Gasteiger partial charge < -0.3 is 5.32 Å². The molecule has 204 valence electrons. The SMILES string of the molecule is C=CCn1c(SCCC(=O)Nc2ccc(-c3nc4ccccc4s3)cc2)nc2scc(-c3ccccc3Cl)c2c1=O. The van der Waals surface area contributed by atoms with E-state index < -0.39 is 0 Å². The number of fused-ring (bicyclic) bond motifs is 2. The largest absolute Gasteiger partial charge is 0.326 e. The van der Waals surface area contributed by atoms with Gasteiger partial charge in [-0.1, -0.05) is 59.8 Å². The van der Waals surface area contributed by atoms with Crippen molar-refractivity contribution in [2.24, 2.45) is 0 Å². The average Bonchev–Trinajstić information content (AvgIpc) is 3.60. The quantitative estimate of drug-likeness (QED) is 0.101. The number of thiophene rings is 1. The first-order valence-corrected chi connectivity index (χ1v) is 15.8. The lowest BCUT2D eigenvalue weighted by Crippen LogP contribution is -2.23. The summed E-state index contributed by atoms with van der Waals surface area (Å²) >= 11 is 10.9. The van der Waals surface area contributed by atoms with Crippen LogP contribution >= 0.6 is 46.0 Å². The van der Waals surface area contributed by atoms with Crippen molar-refractivity contribution in [2.45, 2.75) is 18.1 Å². The van der Waals surface area contributed by atoms with Crippen molar-refractivity contribution < 1.29 is 4.79 Å². The molecule has 0 saturated carbocycles. The lowest BCUT2D eigenvalue weighted by Gasteiger charge is -2.11. The molecule has 41 heavy (non-hydrogen) atoms. The number of para-hydroxylation sites is 1. The molecule has 0 atom stereocenters. The van der Waals surface area contributed by atoms with Gasteiger partial charge in [-0.25, -0.2) is 9.97 Å². The van der Waals surface area contributed by atoms with Crippen LogP contribution in [-0.2, 0) is 11.3 Å². The van der Waals surface area contributed by atoms with Gasteiger partial charge in [0.15, 0.2) is 5.16 Å². The molecule has 0 spiro atoms. The highest BCUT2D eigenvalue weighted by Gasteiger charge is 2.18. The smallest absolute Gasteiger partial charge is 0.263 e. The number of thioether (sulfide) groups is 1. The Labute approximate surface area is 253 Å². The Morgan fingerprint density at radius 1 is 1.02 bits per heavy atom. The van der Waals surface area contributed by atoms with Crippen molar-refractivity contribution in [3.05, 3.63) is 106 Å². The molecule has 1 N–H and O–H groups in total. The molecule has 3 heterocycles. The van der Waals surface area contributed by atoms with E-state index in [1.54, 1.807) is 22.0 Å². The highest BCUT2D eigenvalue weighted by atomic mass is 35.5. The Kier molecular flexibility index (Phi) is 8.02. The summed E-state index contributed by atoms with van der Waals surface area (Å²) in [7, 11) is 0. The van der Waals surface area contributed by atoms with Crippen LogP contribution in [0.25, 0.3) is 42.1 Å². The van der Waals surface area contributed by atoms with Gasteiger partial charge in [0.1, 0.15) is 9.84 Å². The normalized spacial score (nSPS) is 11.2. The third-order valence-electron chi connectivity index (χ3n) is 6.40. The number of halogens is 1. The second-order valence-corrected chi connectivity index (χ2v) is 12.5. The Morgan fingerprint density at radius 2 is 1.80 bits per heavy atom. The highest BCUT2D eigenvalue weighted by molar-refractivity contribution is 7.99. The molecule has 0 saturated heterocycles. The number of nitrogens with zero attached hydrogens (tertiary/aromatic N) is 3. The van der Waals surface area contributed by atoms with E-state index in [1.807, 2.05) is 72.1 Å². The fourth-order valence-corrected chi connectivity index (χ4v) is 7.57. The van der Waals surface area contributed by atoms with E-state index in [-0.39, 0.29) is 17.9 Å². The van der Waals surface area contributed by atoms with Crippen molar-refractivity contribution in [3.8, 4) is 21.7 Å². The molecular formula is C31H23ClN4O2S3. The molecular weight excluding hydrogens is 592 g/mol. The van der Waals surface area contributed by atoms with Crippen LogP contribution in [0.5, 0.6) is 0 Å². The first kappa shape index (κ1) is 27.4. The van der Waals surface area contributed by atoms with E-state index >= 15 is 0 Å². The van der Waals surface area contributed by atoms with Gasteiger partial charge in [0.2, 0.25) is 5.91 Å². The Hall–Kier alpha value is -3.76. The van der Waals surface area contributed by atoms with Gasteiger partial charge in [0.05, 0.1) is 15.6 Å². The van der Waals surface area contributed by atoms with Crippen molar-refractivity contribution in [3.63, 3.8) is 0 Å². The summed E-state index contributed by atoms with van der Waals surface area (Å²) in [6.07, 6.45) is 1.94. The van der Waals surface area contributed by atoms with E-state index in [4.69, 9.17) is 21.6 Å². The zero-order chi connectivity index (χ0) is 28.3. The number of thiazole rings is 1. The summed E-state index contributed by atoms with van der Waals surface area (Å²) in [5, 5.41) is 7.50. The van der Waals surface area contributed by atoms with Crippen LogP contribution in [0.1, 0.15) is 6.42 Å². The summed E-state index contributed by atoms with van der Waals surface area (Å²) in [4.78, 5) is 36.4. The van der Waals surface area contributed by atoms with Crippen LogP contribution in [0.4, 0.5) is 5.69 Å². The van der Waals surface area contributed by atoms with Crippen molar-refractivity contribution in [2.75, 3.05) is 11.1 Å². The molecule has 3 aromatic carbocycles. The van der Waals surface area contributed by atoms with Crippen molar-refractivity contribution >= 4 is 78.1 Å². The summed E-state index contributed by atoms with van der Waals surface area (Å²) in [6, 6.07) is 23.2. The van der Waals surface area contributed by atoms with Gasteiger partial charge >= 0.3 is 0 Å². The molecule has 0 fully saturated rings. The number of aromatic nitrogens is 3. The van der Waals surface area contributed by atoms with E-state index in [2.05, 4.69) is 18.0 Å². The summed E-state index contributed by atoms with van der Waals surface area (Å²) in [6.45, 7) is 4.12. The van der Waals surface area contributed by atoms with Crippen LogP contribution in [-0.4, -0.2) is 26.2 Å². The second kappa shape index (κ2) is 12.0. The average molecular weight is 615 g/mol. The standard InChI is InChI=1S/C31H23ClN4O2S3/c1-2-16-36-30(38)27-22(21-7-3-4-8-23(21)32)18-40-29(27)35-31(36)39-17-15-26(37)33-20-13-11-19(12-14-20)28-34-24-9-5-6-10-25(24)41-28/h2-14,18H,1,15-17H2,(H,33,37). The molecule has 0 aliphatic rings. The Bertz CT molecular complexity index is 1930. The minimum absolute atomic E-state index is 0.110. The van der Waals surface area contributed by atoms with Crippen LogP contribution < -0.4 is 10.9 Å². The maximum atomic E-state index is 13.6. The third-order valence-corrected chi connectivity index (χ3v) is 9.67. The van der Waals surface area contributed by atoms with Crippen LogP contribution in [0.2, 0.25) is 5.02 Å². The van der Waals surface area contributed by atoms with E-state index in [0.29, 0.717) is 32.7 Å². The number of nitrogens with one attached hydrogen (secondary N) is 1. The third kappa shape index (κ3) is 5.71.